The van der Waals surface area contributed by atoms with E-state index in [0.29, 0.717) is 12.0 Å². The fraction of sp³-hybridized carbons (Fsp3) is 0.300. The third-order valence-electron chi connectivity index (χ3n) is 4.81. The van der Waals surface area contributed by atoms with Crippen molar-refractivity contribution in [3.05, 3.63) is 58.7 Å². The second-order valence-corrected chi connectivity index (χ2v) is 6.62. The zero-order valence-electron chi connectivity index (χ0n) is 13.8. The van der Waals surface area contributed by atoms with E-state index in [1.54, 1.807) is 0 Å². The standard InChI is InChI=1S/C20H20N2O2/c1-13-4-2-6-17(10-13)21-20(24)16-11-14-5-3-9-22-18(23)8-7-15(12-16)19(14)22/h2,4,6,10-12H,3,5,7-9H2,1H3,(H,21,24). The molecule has 0 bridgehead atoms. The van der Waals surface area contributed by atoms with Crippen LogP contribution in [0.15, 0.2) is 36.4 Å². The van der Waals surface area contributed by atoms with E-state index >= 15 is 0 Å². The molecular formula is C20H20N2O2. The number of hydrogen-bond donors (Lipinski definition) is 1. The van der Waals surface area contributed by atoms with Crippen LogP contribution in [-0.4, -0.2) is 18.4 Å². The third kappa shape index (κ3) is 2.58. The third-order valence-corrected chi connectivity index (χ3v) is 4.81. The fourth-order valence-electron chi connectivity index (χ4n) is 3.71. The molecule has 122 valence electrons. The zero-order chi connectivity index (χ0) is 16.7. The molecule has 0 saturated heterocycles. The van der Waals surface area contributed by atoms with Crippen molar-refractivity contribution in [1.82, 2.24) is 0 Å². The number of carbonyl (C=O) groups is 2. The van der Waals surface area contributed by atoms with Gasteiger partial charge >= 0.3 is 0 Å². The maximum absolute atomic E-state index is 12.7. The van der Waals surface area contributed by atoms with Gasteiger partial charge in [0, 0.05) is 24.2 Å². The molecule has 0 spiro atoms. The first-order chi connectivity index (χ1) is 11.6. The molecule has 4 heteroatoms. The number of carbonyl (C=O) groups excluding carboxylic acids is 2. The highest BCUT2D eigenvalue weighted by Crippen LogP contribution is 2.36. The smallest absolute Gasteiger partial charge is 0.255 e. The molecule has 0 aromatic heterocycles. The molecule has 2 aromatic rings. The zero-order valence-corrected chi connectivity index (χ0v) is 13.8. The van der Waals surface area contributed by atoms with E-state index in [4.69, 9.17) is 0 Å². The first-order valence-corrected chi connectivity index (χ1v) is 8.46. The molecular weight excluding hydrogens is 300 g/mol. The first kappa shape index (κ1) is 14.9. The van der Waals surface area contributed by atoms with E-state index in [-0.39, 0.29) is 11.8 Å². The lowest BCUT2D eigenvalue weighted by Crippen LogP contribution is -2.39. The summed E-state index contributed by atoms with van der Waals surface area (Å²) in [6.07, 6.45) is 3.15. The average Bonchev–Trinajstić information content (AvgIpc) is 2.58. The molecule has 1 N–H and O–H groups in total. The molecule has 2 amide bonds. The molecule has 0 unspecified atom stereocenters. The van der Waals surface area contributed by atoms with Crippen LogP contribution < -0.4 is 10.2 Å². The van der Waals surface area contributed by atoms with Gasteiger partial charge < -0.3 is 10.2 Å². The topological polar surface area (TPSA) is 49.4 Å². The summed E-state index contributed by atoms with van der Waals surface area (Å²) < 4.78 is 0. The minimum absolute atomic E-state index is 0.0892. The van der Waals surface area contributed by atoms with Crippen LogP contribution in [0.2, 0.25) is 0 Å². The number of rotatable bonds is 2. The number of nitrogens with one attached hydrogen (secondary N) is 1. The van der Waals surface area contributed by atoms with Crippen molar-refractivity contribution in [3.8, 4) is 0 Å². The summed E-state index contributed by atoms with van der Waals surface area (Å²) in [5.41, 5.74) is 5.92. The van der Waals surface area contributed by atoms with Crippen molar-refractivity contribution in [1.29, 1.82) is 0 Å². The molecule has 2 aliphatic heterocycles. The molecule has 0 atom stereocenters. The minimum atomic E-state index is -0.0892. The van der Waals surface area contributed by atoms with Crippen LogP contribution in [-0.2, 0) is 17.6 Å². The average molecular weight is 320 g/mol. The van der Waals surface area contributed by atoms with Crippen LogP contribution in [0, 0.1) is 6.92 Å². The summed E-state index contributed by atoms with van der Waals surface area (Å²) in [4.78, 5) is 26.7. The highest BCUT2D eigenvalue weighted by atomic mass is 16.2. The maximum atomic E-state index is 12.7. The van der Waals surface area contributed by atoms with E-state index in [1.165, 1.54) is 0 Å². The van der Waals surface area contributed by atoms with Gasteiger partial charge in [0.25, 0.3) is 5.91 Å². The van der Waals surface area contributed by atoms with Crippen LogP contribution in [0.5, 0.6) is 0 Å². The van der Waals surface area contributed by atoms with Crippen molar-refractivity contribution in [3.63, 3.8) is 0 Å². The number of benzene rings is 2. The molecule has 4 nitrogen and oxygen atoms in total. The SMILES string of the molecule is Cc1cccc(NC(=O)c2cc3c4c(c2)CCC(=O)N4CCC3)c1. The molecule has 0 radical (unpaired) electrons. The van der Waals surface area contributed by atoms with Crippen molar-refractivity contribution in [2.45, 2.75) is 32.6 Å². The summed E-state index contributed by atoms with van der Waals surface area (Å²) in [5.74, 6) is 0.120. The van der Waals surface area contributed by atoms with E-state index in [9.17, 15) is 9.59 Å². The van der Waals surface area contributed by atoms with Crippen LogP contribution in [0.1, 0.15) is 39.9 Å². The van der Waals surface area contributed by atoms with Gasteiger partial charge in [0.1, 0.15) is 0 Å². The van der Waals surface area contributed by atoms with Crippen molar-refractivity contribution in [2.24, 2.45) is 0 Å². The van der Waals surface area contributed by atoms with E-state index in [0.717, 1.165) is 53.9 Å². The van der Waals surface area contributed by atoms with Gasteiger partial charge in [-0.15, -0.1) is 0 Å². The van der Waals surface area contributed by atoms with Gasteiger partial charge in [-0.05, 0) is 67.1 Å². The molecule has 2 heterocycles. The Bertz CT molecular complexity index is 824. The predicted molar refractivity (Wildman–Crippen MR) is 94.6 cm³/mol. The van der Waals surface area contributed by atoms with Crippen LogP contribution in [0.4, 0.5) is 11.4 Å². The van der Waals surface area contributed by atoms with E-state index in [1.807, 2.05) is 48.2 Å². The van der Waals surface area contributed by atoms with Crippen molar-refractivity contribution in [2.75, 3.05) is 16.8 Å². The Labute approximate surface area is 141 Å². The largest absolute Gasteiger partial charge is 0.322 e. The van der Waals surface area contributed by atoms with Gasteiger partial charge in [0.05, 0.1) is 5.69 Å². The number of amides is 2. The number of nitrogens with zero attached hydrogens (tertiary/aromatic N) is 1. The van der Waals surface area contributed by atoms with Gasteiger partial charge in [0.15, 0.2) is 0 Å². The molecule has 0 fully saturated rings. The van der Waals surface area contributed by atoms with Crippen molar-refractivity contribution < 1.29 is 9.59 Å². The lowest BCUT2D eigenvalue weighted by molar-refractivity contribution is -0.119. The highest BCUT2D eigenvalue weighted by Gasteiger charge is 2.30. The van der Waals surface area contributed by atoms with Crippen LogP contribution in [0.3, 0.4) is 0 Å². The Morgan fingerprint density at radius 2 is 1.88 bits per heavy atom. The maximum Gasteiger partial charge on any atom is 0.255 e. The van der Waals surface area contributed by atoms with Crippen molar-refractivity contribution >= 4 is 23.2 Å². The van der Waals surface area contributed by atoms with Gasteiger partial charge in [0.2, 0.25) is 5.91 Å². The summed E-state index contributed by atoms with van der Waals surface area (Å²) in [7, 11) is 0. The molecule has 0 aliphatic carbocycles. The Hall–Kier alpha value is -2.62. The Kier molecular flexibility index (Phi) is 3.60. The van der Waals surface area contributed by atoms with E-state index < -0.39 is 0 Å². The number of hydrogen-bond acceptors (Lipinski definition) is 2. The van der Waals surface area contributed by atoms with Gasteiger partial charge in [-0.3, -0.25) is 9.59 Å². The van der Waals surface area contributed by atoms with Crippen LogP contribution in [0.25, 0.3) is 0 Å². The molecule has 4 rings (SSSR count). The fourth-order valence-corrected chi connectivity index (χ4v) is 3.71. The lowest BCUT2D eigenvalue weighted by Gasteiger charge is -2.35. The highest BCUT2D eigenvalue weighted by molar-refractivity contribution is 6.06. The molecule has 2 aromatic carbocycles. The number of anilines is 2. The predicted octanol–water partition coefficient (Wildman–Crippen LogP) is 3.47. The molecule has 0 saturated carbocycles. The number of aryl methyl sites for hydroxylation is 3. The summed E-state index contributed by atoms with van der Waals surface area (Å²) in [5, 5.41) is 2.98. The monoisotopic (exact) mass is 320 g/mol. The van der Waals surface area contributed by atoms with E-state index in [2.05, 4.69) is 5.32 Å². The quantitative estimate of drug-likeness (QED) is 0.921. The summed E-state index contributed by atoms with van der Waals surface area (Å²) in [6, 6.07) is 11.7. The lowest BCUT2D eigenvalue weighted by atomic mass is 9.89. The first-order valence-electron chi connectivity index (χ1n) is 8.46. The normalized spacial score (nSPS) is 15.9. The summed E-state index contributed by atoms with van der Waals surface area (Å²) in [6.45, 7) is 2.80. The Morgan fingerprint density at radius 1 is 1.08 bits per heavy atom. The van der Waals surface area contributed by atoms with Crippen LogP contribution >= 0.6 is 0 Å². The summed E-state index contributed by atoms with van der Waals surface area (Å²) >= 11 is 0. The Morgan fingerprint density at radius 3 is 2.67 bits per heavy atom. The Balaban J connectivity index is 1.67. The second-order valence-electron chi connectivity index (χ2n) is 6.62. The van der Waals surface area contributed by atoms with Gasteiger partial charge in [-0.2, -0.15) is 0 Å². The molecule has 24 heavy (non-hydrogen) atoms. The van der Waals surface area contributed by atoms with Gasteiger partial charge in [-0.1, -0.05) is 12.1 Å². The molecule has 2 aliphatic rings. The second kappa shape index (κ2) is 5.78. The van der Waals surface area contributed by atoms with Gasteiger partial charge in [-0.25, -0.2) is 0 Å². The minimum Gasteiger partial charge on any atom is -0.322 e.